The van der Waals surface area contributed by atoms with E-state index in [4.69, 9.17) is 23.2 Å². The van der Waals surface area contributed by atoms with Gasteiger partial charge in [-0.05, 0) is 24.3 Å². The summed E-state index contributed by atoms with van der Waals surface area (Å²) in [6, 6.07) is 9.17. The van der Waals surface area contributed by atoms with Gasteiger partial charge in [0, 0.05) is 10.4 Å². The maximum atomic E-state index is 5.93. The van der Waals surface area contributed by atoms with Crippen molar-refractivity contribution >= 4 is 34.1 Å². The Morgan fingerprint density at radius 2 is 1.83 bits per heavy atom. The van der Waals surface area contributed by atoms with Crippen molar-refractivity contribution in [1.29, 1.82) is 0 Å². The number of fused-ring (bicyclic) bond motifs is 1. The number of halogens is 2. The number of benzene rings is 1. The largest absolute Gasteiger partial charge is 0.236 e. The van der Waals surface area contributed by atoms with Crippen LogP contribution in [0.15, 0.2) is 30.3 Å². The van der Waals surface area contributed by atoms with Gasteiger partial charge < -0.3 is 0 Å². The Morgan fingerprint density at radius 1 is 1.00 bits per heavy atom. The molecule has 0 aliphatic carbocycles. The quantitative estimate of drug-likeness (QED) is 0.590. The van der Waals surface area contributed by atoms with Crippen LogP contribution in [0.25, 0.3) is 10.9 Å². The zero-order chi connectivity index (χ0) is 8.55. The molecular weight excluding hydrogens is 193 g/mol. The zero-order valence-electron chi connectivity index (χ0n) is 6.09. The molecule has 0 saturated heterocycles. The van der Waals surface area contributed by atoms with Crippen LogP contribution >= 0.6 is 23.2 Å². The minimum absolute atomic E-state index is 0.491. The minimum Gasteiger partial charge on any atom is -0.236 e. The molecule has 0 aliphatic rings. The van der Waals surface area contributed by atoms with Crippen LogP contribution in [0.4, 0.5) is 0 Å². The molecule has 0 unspecified atom stereocenters. The lowest BCUT2D eigenvalue weighted by atomic mass is 10.2. The Balaban J connectivity index is 2.86. The summed E-state index contributed by atoms with van der Waals surface area (Å²) < 4.78 is 0. The fourth-order valence-electron chi connectivity index (χ4n) is 1.09. The second-order valence-electron chi connectivity index (χ2n) is 2.44. The molecule has 0 aliphatic heterocycles. The van der Waals surface area contributed by atoms with Gasteiger partial charge in [0.1, 0.15) is 5.15 Å². The molecule has 12 heavy (non-hydrogen) atoms. The molecule has 0 radical (unpaired) electrons. The predicted molar refractivity (Wildman–Crippen MR) is 51.8 cm³/mol. The molecule has 1 heterocycles. The maximum Gasteiger partial charge on any atom is 0.129 e. The van der Waals surface area contributed by atoms with Gasteiger partial charge in [0.25, 0.3) is 0 Å². The van der Waals surface area contributed by atoms with Gasteiger partial charge in [-0.1, -0.05) is 29.3 Å². The lowest BCUT2D eigenvalue weighted by Gasteiger charge is -1.98. The van der Waals surface area contributed by atoms with Gasteiger partial charge in [0.15, 0.2) is 0 Å². The average Bonchev–Trinajstić information content (AvgIpc) is 2.04. The number of hydrogen-bond donors (Lipinski definition) is 0. The summed E-state index contributed by atoms with van der Waals surface area (Å²) in [6.07, 6.45) is 0. The first-order valence-electron chi connectivity index (χ1n) is 3.48. The smallest absolute Gasteiger partial charge is 0.129 e. The van der Waals surface area contributed by atoms with E-state index in [1.54, 1.807) is 6.07 Å². The molecular formula is C9H5Cl2N. The summed E-state index contributed by atoms with van der Waals surface area (Å²) in [5.41, 5.74) is 0.829. The fraction of sp³-hybridized carbons (Fsp3) is 0. The Morgan fingerprint density at radius 3 is 2.67 bits per heavy atom. The van der Waals surface area contributed by atoms with Crippen LogP contribution in [-0.2, 0) is 0 Å². The Kier molecular flexibility index (Phi) is 1.91. The molecule has 0 atom stereocenters. The molecule has 0 fully saturated rings. The molecule has 3 heteroatoms. The average molecular weight is 198 g/mol. The second-order valence-corrected chi connectivity index (χ2v) is 3.23. The molecule has 0 saturated carbocycles. The first-order chi connectivity index (χ1) is 5.77. The van der Waals surface area contributed by atoms with E-state index in [1.165, 1.54) is 0 Å². The lowest BCUT2D eigenvalue weighted by Crippen LogP contribution is -1.79. The summed E-state index contributed by atoms with van der Waals surface area (Å²) >= 11 is 11.6. The summed E-state index contributed by atoms with van der Waals surface area (Å²) in [4.78, 5) is 4.12. The molecule has 60 valence electrons. The molecule has 0 amide bonds. The van der Waals surface area contributed by atoms with E-state index in [1.807, 2.05) is 24.3 Å². The van der Waals surface area contributed by atoms with Gasteiger partial charge in [-0.15, -0.1) is 0 Å². The first-order valence-corrected chi connectivity index (χ1v) is 4.24. The van der Waals surface area contributed by atoms with Gasteiger partial charge in [-0.25, -0.2) is 4.98 Å². The third-order valence-corrected chi connectivity index (χ3v) is 2.18. The SMILES string of the molecule is Clc1ccc2c(Cl)cccc2n1. The molecule has 2 rings (SSSR count). The first kappa shape index (κ1) is 7.84. The molecule has 1 aromatic heterocycles. The van der Waals surface area contributed by atoms with Gasteiger partial charge in [-0.3, -0.25) is 0 Å². The third-order valence-electron chi connectivity index (χ3n) is 1.64. The molecule has 0 bridgehead atoms. The van der Waals surface area contributed by atoms with Crippen molar-refractivity contribution in [3.05, 3.63) is 40.5 Å². The van der Waals surface area contributed by atoms with Crippen molar-refractivity contribution in [2.45, 2.75) is 0 Å². The Hall–Kier alpha value is -0.790. The number of pyridine rings is 1. The van der Waals surface area contributed by atoms with E-state index < -0.39 is 0 Å². The number of hydrogen-bond acceptors (Lipinski definition) is 1. The van der Waals surface area contributed by atoms with Crippen molar-refractivity contribution in [3.63, 3.8) is 0 Å². The molecule has 1 aromatic carbocycles. The number of aromatic nitrogens is 1. The second kappa shape index (κ2) is 2.92. The highest BCUT2D eigenvalue weighted by molar-refractivity contribution is 6.35. The van der Waals surface area contributed by atoms with Crippen LogP contribution < -0.4 is 0 Å². The molecule has 0 spiro atoms. The van der Waals surface area contributed by atoms with Gasteiger partial charge in [-0.2, -0.15) is 0 Å². The summed E-state index contributed by atoms with van der Waals surface area (Å²) in [7, 11) is 0. The van der Waals surface area contributed by atoms with Crippen LogP contribution in [0.1, 0.15) is 0 Å². The topological polar surface area (TPSA) is 12.9 Å². The fourth-order valence-corrected chi connectivity index (χ4v) is 1.48. The molecule has 1 nitrogen and oxygen atoms in total. The normalized spacial score (nSPS) is 10.5. The van der Waals surface area contributed by atoms with E-state index in [-0.39, 0.29) is 0 Å². The van der Waals surface area contributed by atoms with Crippen molar-refractivity contribution in [2.75, 3.05) is 0 Å². The minimum atomic E-state index is 0.491. The van der Waals surface area contributed by atoms with Gasteiger partial charge in [0.05, 0.1) is 5.52 Å². The highest BCUT2D eigenvalue weighted by Crippen LogP contribution is 2.22. The number of nitrogens with zero attached hydrogens (tertiary/aromatic N) is 1. The van der Waals surface area contributed by atoms with Crippen LogP contribution in [0, 0.1) is 0 Å². The molecule has 0 N–H and O–H groups in total. The highest BCUT2D eigenvalue weighted by Gasteiger charge is 1.98. The highest BCUT2D eigenvalue weighted by atomic mass is 35.5. The summed E-state index contributed by atoms with van der Waals surface area (Å²) in [6.45, 7) is 0. The van der Waals surface area contributed by atoms with Crippen LogP contribution in [0.3, 0.4) is 0 Å². The molecule has 2 aromatic rings. The van der Waals surface area contributed by atoms with Gasteiger partial charge >= 0.3 is 0 Å². The van der Waals surface area contributed by atoms with Crippen molar-refractivity contribution in [3.8, 4) is 0 Å². The van der Waals surface area contributed by atoms with Crippen LogP contribution in [-0.4, -0.2) is 4.98 Å². The third kappa shape index (κ3) is 1.26. The maximum absolute atomic E-state index is 5.93. The van der Waals surface area contributed by atoms with Crippen molar-refractivity contribution in [1.82, 2.24) is 4.98 Å². The summed E-state index contributed by atoms with van der Waals surface area (Å²) in [5, 5.41) is 2.13. The van der Waals surface area contributed by atoms with E-state index in [9.17, 15) is 0 Å². The predicted octanol–water partition coefficient (Wildman–Crippen LogP) is 3.54. The van der Waals surface area contributed by atoms with E-state index in [0.717, 1.165) is 10.9 Å². The Labute approximate surface area is 79.9 Å². The van der Waals surface area contributed by atoms with Crippen LogP contribution in [0.2, 0.25) is 10.2 Å². The summed E-state index contributed by atoms with van der Waals surface area (Å²) in [5.74, 6) is 0. The van der Waals surface area contributed by atoms with Crippen LogP contribution in [0.5, 0.6) is 0 Å². The van der Waals surface area contributed by atoms with Crippen molar-refractivity contribution in [2.24, 2.45) is 0 Å². The lowest BCUT2D eigenvalue weighted by molar-refractivity contribution is 1.41. The Bertz CT molecular complexity index is 426. The monoisotopic (exact) mass is 197 g/mol. The van der Waals surface area contributed by atoms with E-state index in [2.05, 4.69) is 4.98 Å². The van der Waals surface area contributed by atoms with E-state index >= 15 is 0 Å². The van der Waals surface area contributed by atoms with Crippen molar-refractivity contribution < 1.29 is 0 Å². The van der Waals surface area contributed by atoms with E-state index in [0.29, 0.717) is 10.2 Å². The standard InChI is InChI=1S/C9H5Cl2N/c10-7-2-1-3-8-6(7)4-5-9(11)12-8/h1-5H. The number of rotatable bonds is 0. The zero-order valence-corrected chi connectivity index (χ0v) is 7.60. The van der Waals surface area contributed by atoms with Gasteiger partial charge in [0.2, 0.25) is 0 Å².